The first-order valence-corrected chi connectivity index (χ1v) is 7.37. The summed E-state index contributed by atoms with van der Waals surface area (Å²) in [5, 5.41) is 3.35. The summed E-state index contributed by atoms with van der Waals surface area (Å²) in [4.78, 5) is 0. The van der Waals surface area contributed by atoms with Gasteiger partial charge < -0.3 is 10.1 Å². The van der Waals surface area contributed by atoms with Crippen molar-refractivity contribution in [2.75, 3.05) is 19.5 Å². The van der Waals surface area contributed by atoms with Crippen molar-refractivity contribution in [3.05, 3.63) is 29.6 Å². The van der Waals surface area contributed by atoms with E-state index in [0.29, 0.717) is 29.7 Å². The third kappa shape index (κ3) is 3.61. The molecule has 1 aromatic carbocycles. The largest absolute Gasteiger partial charge is 0.494 e. The molecule has 0 aliphatic heterocycles. The molecule has 1 aromatic rings. The fraction of sp³-hybridized carbons (Fsp3) is 0.600. The summed E-state index contributed by atoms with van der Waals surface area (Å²) >= 11 is 5.96. The molecule has 0 aromatic heterocycles. The second-order valence-corrected chi connectivity index (χ2v) is 5.48. The molecular formula is C15H21ClFNO. The summed E-state index contributed by atoms with van der Waals surface area (Å²) in [6.45, 7) is 1.45. The number of hydrogen-bond acceptors (Lipinski definition) is 2. The minimum atomic E-state index is -0.266. The van der Waals surface area contributed by atoms with Crippen molar-refractivity contribution in [2.24, 2.45) is 11.8 Å². The zero-order valence-electron chi connectivity index (χ0n) is 11.3. The molecule has 0 heterocycles. The van der Waals surface area contributed by atoms with Gasteiger partial charge in [-0.25, -0.2) is 4.39 Å². The minimum Gasteiger partial charge on any atom is -0.494 e. The van der Waals surface area contributed by atoms with Crippen LogP contribution >= 0.6 is 11.6 Å². The first-order chi connectivity index (χ1) is 9.26. The van der Waals surface area contributed by atoms with Crippen LogP contribution in [-0.4, -0.2) is 19.5 Å². The van der Waals surface area contributed by atoms with E-state index in [-0.39, 0.29) is 5.82 Å². The van der Waals surface area contributed by atoms with Crippen molar-refractivity contribution in [1.29, 1.82) is 0 Å². The fourth-order valence-electron chi connectivity index (χ4n) is 2.83. The van der Waals surface area contributed by atoms with Crippen LogP contribution in [0.4, 0.5) is 4.39 Å². The maximum absolute atomic E-state index is 13.9. The molecule has 0 spiro atoms. The SMILES string of the molecule is COc1cccc(CNCC2CCCC2CCl)c1F. The van der Waals surface area contributed by atoms with Crippen molar-refractivity contribution in [3.8, 4) is 5.75 Å². The average Bonchev–Trinajstić information content (AvgIpc) is 2.88. The van der Waals surface area contributed by atoms with Crippen molar-refractivity contribution in [2.45, 2.75) is 25.8 Å². The smallest absolute Gasteiger partial charge is 0.169 e. The Balaban J connectivity index is 1.86. The molecule has 1 saturated carbocycles. The lowest BCUT2D eigenvalue weighted by atomic mass is 9.98. The van der Waals surface area contributed by atoms with Crippen molar-refractivity contribution in [1.82, 2.24) is 5.32 Å². The van der Waals surface area contributed by atoms with Crippen molar-refractivity contribution < 1.29 is 9.13 Å². The Morgan fingerprint density at radius 1 is 1.37 bits per heavy atom. The summed E-state index contributed by atoms with van der Waals surface area (Å²) in [6, 6.07) is 5.24. The monoisotopic (exact) mass is 285 g/mol. The van der Waals surface area contributed by atoms with Crippen LogP contribution in [0, 0.1) is 17.7 Å². The van der Waals surface area contributed by atoms with Crippen LogP contribution < -0.4 is 10.1 Å². The molecule has 2 nitrogen and oxygen atoms in total. The van der Waals surface area contributed by atoms with Crippen LogP contribution in [0.3, 0.4) is 0 Å². The molecule has 0 amide bonds. The molecule has 2 rings (SSSR count). The molecule has 0 saturated heterocycles. The highest BCUT2D eigenvalue weighted by atomic mass is 35.5. The number of methoxy groups -OCH3 is 1. The number of benzene rings is 1. The summed E-state index contributed by atoms with van der Waals surface area (Å²) < 4.78 is 18.9. The standard InChI is InChI=1S/C15H21ClFNO/c1-19-14-7-3-6-13(15(14)17)10-18-9-12-5-2-4-11(12)8-16/h3,6-7,11-12,18H,2,4-5,8-10H2,1H3. The molecule has 1 fully saturated rings. The zero-order valence-corrected chi connectivity index (χ0v) is 12.0. The molecule has 106 valence electrons. The second-order valence-electron chi connectivity index (χ2n) is 5.17. The van der Waals surface area contributed by atoms with E-state index in [1.807, 2.05) is 6.07 Å². The maximum atomic E-state index is 13.9. The quantitative estimate of drug-likeness (QED) is 0.807. The zero-order chi connectivity index (χ0) is 13.7. The van der Waals surface area contributed by atoms with Crippen LogP contribution in [0.25, 0.3) is 0 Å². The molecule has 0 radical (unpaired) electrons. The highest BCUT2D eigenvalue weighted by Crippen LogP contribution is 2.32. The van der Waals surface area contributed by atoms with E-state index < -0.39 is 0 Å². The van der Waals surface area contributed by atoms with Gasteiger partial charge in [0, 0.05) is 18.0 Å². The highest BCUT2D eigenvalue weighted by Gasteiger charge is 2.25. The topological polar surface area (TPSA) is 21.3 Å². The molecule has 1 N–H and O–H groups in total. The van der Waals surface area contributed by atoms with Gasteiger partial charge in [0.2, 0.25) is 0 Å². The minimum absolute atomic E-state index is 0.266. The summed E-state index contributed by atoms with van der Waals surface area (Å²) in [5.74, 6) is 2.02. The Morgan fingerprint density at radius 3 is 2.89 bits per heavy atom. The van der Waals surface area contributed by atoms with Gasteiger partial charge in [-0.05, 0) is 37.3 Å². The van der Waals surface area contributed by atoms with Gasteiger partial charge in [-0.15, -0.1) is 11.6 Å². The van der Waals surface area contributed by atoms with Crippen molar-refractivity contribution >= 4 is 11.6 Å². The van der Waals surface area contributed by atoms with E-state index in [9.17, 15) is 4.39 Å². The van der Waals surface area contributed by atoms with Crippen LogP contribution in [-0.2, 0) is 6.54 Å². The van der Waals surface area contributed by atoms with E-state index in [1.165, 1.54) is 26.4 Å². The van der Waals surface area contributed by atoms with Gasteiger partial charge in [-0.2, -0.15) is 0 Å². The number of alkyl halides is 1. The Hall–Kier alpha value is -0.800. The Kier molecular flexibility index (Phi) is 5.46. The number of hydrogen-bond donors (Lipinski definition) is 1. The van der Waals surface area contributed by atoms with Gasteiger partial charge in [0.25, 0.3) is 0 Å². The molecule has 19 heavy (non-hydrogen) atoms. The Labute approximate surface area is 119 Å². The van der Waals surface area contributed by atoms with Crippen molar-refractivity contribution in [3.63, 3.8) is 0 Å². The predicted molar refractivity (Wildman–Crippen MR) is 76.2 cm³/mol. The molecule has 0 bridgehead atoms. The van der Waals surface area contributed by atoms with Crippen LogP contribution in [0.15, 0.2) is 18.2 Å². The van der Waals surface area contributed by atoms with Gasteiger partial charge in [0.1, 0.15) is 0 Å². The number of nitrogens with one attached hydrogen (secondary N) is 1. The lowest BCUT2D eigenvalue weighted by Gasteiger charge is -2.18. The van der Waals surface area contributed by atoms with E-state index in [0.717, 1.165) is 12.4 Å². The highest BCUT2D eigenvalue weighted by molar-refractivity contribution is 6.18. The normalized spacial score (nSPS) is 22.7. The average molecular weight is 286 g/mol. The first kappa shape index (κ1) is 14.6. The summed E-state index contributed by atoms with van der Waals surface area (Å²) in [6.07, 6.45) is 3.71. The van der Waals surface area contributed by atoms with Gasteiger partial charge in [0.05, 0.1) is 7.11 Å². The van der Waals surface area contributed by atoms with Crippen LogP contribution in [0.5, 0.6) is 5.75 Å². The van der Waals surface area contributed by atoms with Gasteiger partial charge >= 0.3 is 0 Å². The van der Waals surface area contributed by atoms with Crippen LogP contribution in [0.2, 0.25) is 0 Å². The Bertz CT molecular complexity index is 413. The Morgan fingerprint density at radius 2 is 2.16 bits per heavy atom. The van der Waals surface area contributed by atoms with Gasteiger partial charge in [-0.1, -0.05) is 18.6 Å². The predicted octanol–water partition coefficient (Wildman–Crippen LogP) is 3.58. The molecule has 2 atom stereocenters. The summed E-state index contributed by atoms with van der Waals surface area (Å²) in [5.41, 5.74) is 0.653. The van der Waals surface area contributed by atoms with E-state index in [2.05, 4.69) is 5.32 Å². The van der Waals surface area contributed by atoms with E-state index in [1.54, 1.807) is 12.1 Å². The van der Waals surface area contributed by atoms with Gasteiger partial charge in [-0.3, -0.25) is 0 Å². The van der Waals surface area contributed by atoms with E-state index >= 15 is 0 Å². The number of rotatable bonds is 6. The molecule has 1 aliphatic rings. The molecule has 2 unspecified atom stereocenters. The maximum Gasteiger partial charge on any atom is 0.169 e. The second kappa shape index (κ2) is 7.11. The fourth-order valence-corrected chi connectivity index (χ4v) is 3.23. The lowest BCUT2D eigenvalue weighted by Crippen LogP contribution is -2.26. The van der Waals surface area contributed by atoms with E-state index in [4.69, 9.17) is 16.3 Å². The summed E-state index contributed by atoms with van der Waals surface area (Å²) in [7, 11) is 1.49. The first-order valence-electron chi connectivity index (χ1n) is 6.84. The van der Waals surface area contributed by atoms with Crippen LogP contribution in [0.1, 0.15) is 24.8 Å². The molecule has 1 aliphatic carbocycles. The third-order valence-corrected chi connectivity index (χ3v) is 4.40. The lowest BCUT2D eigenvalue weighted by molar-refractivity contribution is 0.377. The molecule has 4 heteroatoms. The molecular weight excluding hydrogens is 265 g/mol. The number of halogens is 2. The number of ether oxygens (including phenoxy) is 1. The third-order valence-electron chi connectivity index (χ3n) is 4.00. The van der Waals surface area contributed by atoms with Gasteiger partial charge in [0.15, 0.2) is 11.6 Å².